The molecular weight excluding hydrogens is 617 g/mol. The standard InChI is InChI=1S/C36H34FN5O4S/c1-4-6-19-46-29-16-14-25(21-28(29)37)34-26(23-41(40-34)27-10-8-7-9-11-27)22-32-35(43)42-36(47-32)38-33(39-42)17-13-24-12-15-30(45-18-5-2)31(20-24)44-3/h7-17,20-23H,4-6,18-19H2,1-3H3/b17-13+,32-22-. The molecule has 6 aromatic rings. The maximum Gasteiger partial charge on any atom is 0.291 e. The number of aromatic nitrogens is 5. The van der Waals surface area contributed by atoms with Crippen molar-refractivity contribution in [2.45, 2.75) is 33.1 Å². The van der Waals surface area contributed by atoms with Crippen LogP contribution in [0.15, 0.2) is 77.7 Å². The van der Waals surface area contributed by atoms with Crippen LogP contribution in [0.2, 0.25) is 0 Å². The number of rotatable bonds is 13. The molecule has 3 aromatic heterocycles. The van der Waals surface area contributed by atoms with E-state index >= 15 is 4.39 Å². The molecular formula is C36H34FN5O4S. The van der Waals surface area contributed by atoms with E-state index in [2.05, 4.69) is 17.0 Å². The fourth-order valence-electron chi connectivity index (χ4n) is 4.87. The first-order valence-corrected chi connectivity index (χ1v) is 16.3. The lowest BCUT2D eigenvalue weighted by atomic mass is 10.1. The minimum absolute atomic E-state index is 0.199. The van der Waals surface area contributed by atoms with Crippen LogP contribution in [0.3, 0.4) is 0 Å². The summed E-state index contributed by atoms with van der Waals surface area (Å²) in [6, 6.07) is 20.1. The lowest BCUT2D eigenvalue weighted by molar-refractivity contribution is 0.294. The number of nitrogens with zero attached hydrogens (tertiary/aromatic N) is 5. The number of ether oxygens (including phenoxy) is 3. The Bertz CT molecular complexity index is 2140. The molecule has 0 aliphatic heterocycles. The predicted octanol–water partition coefficient (Wildman–Crippen LogP) is 6.84. The first-order chi connectivity index (χ1) is 23.0. The summed E-state index contributed by atoms with van der Waals surface area (Å²) in [7, 11) is 1.60. The topological polar surface area (TPSA) is 92.8 Å². The van der Waals surface area contributed by atoms with Gasteiger partial charge < -0.3 is 14.2 Å². The predicted molar refractivity (Wildman–Crippen MR) is 183 cm³/mol. The quantitative estimate of drug-likeness (QED) is 0.126. The molecule has 0 N–H and O–H groups in total. The summed E-state index contributed by atoms with van der Waals surface area (Å²) in [4.78, 5) is 18.5. The second kappa shape index (κ2) is 14.4. The normalized spacial score (nSPS) is 12.0. The minimum Gasteiger partial charge on any atom is -0.493 e. The Morgan fingerprint density at radius 3 is 2.45 bits per heavy atom. The molecule has 0 aliphatic rings. The van der Waals surface area contributed by atoms with E-state index in [1.54, 1.807) is 36.1 Å². The van der Waals surface area contributed by atoms with Crippen LogP contribution < -0.4 is 24.3 Å². The van der Waals surface area contributed by atoms with Gasteiger partial charge in [-0.2, -0.15) is 14.6 Å². The third kappa shape index (κ3) is 7.10. The molecule has 47 heavy (non-hydrogen) atoms. The highest BCUT2D eigenvalue weighted by Gasteiger charge is 2.16. The zero-order valence-electron chi connectivity index (χ0n) is 26.4. The SMILES string of the molecule is CCCCOc1ccc(-c2nn(-c3ccccc3)cc2/C=c2\sc3nc(/C=C/c4ccc(OCCC)c(OC)c4)nn3c2=O)cc1F. The first kappa shape index (κ1) is 31.7. The van der Waals surface area contributed by atoms with Crippen LogP contribution in [0.5, 0.6) is 17.2 Å². The molecule has 0 atom stereocenters. The van der Waals surface area contributed by atoms with Gasteiger partial charge >= 0.3 is 0 Å². The van der Waals surface area contributed by atoms with Gasteiger partial charge in [-0.25, -0.2) is 9.07 Å². The summed E-state index contributed by atoms with van der Waals surface area (Å²) in [6.45, 7) is 5.15. The lowest BCUT2D eigenvalue weighted by Crippen LogP contribution is -2.23. The van der Waals surface area contributed by atoms with Gasteiger partial charge in [0, 0.05) is 17.3 Å². The van der Waals surface area contributed by atoms with Gasteiger partial charge in [-0.1, -0.05) is 61.9 Å². The second-order valence-corrected chi connectivity index (χ2v) is 11.7. The van der Waals surface area contributed by atoms with Crippen molar-refractivity contribution in [3.63, 3.8) is 0 Å². The Hall–Kier alpha value is -5.29. The average Bonchev–Trinajstić information content (AvgIpc) is 3.78. The van der Waals surface area contributed by atoms with Crippen molar-refractivity contribution in [1.82, 2.24) is 24.4 Å². The summed E-state index contributed by atoms with van der Waals surface area (Å²) in [5.41, 5.74) is 3.13. The van der Waals surface area contributed by atoms with Gasteiger partial charge in [-0.3, -0.25) is 4.79 Å². The third-order valence-corrected chi connectivity index (χ3v) is 8.24. The molecule has 0 amide bonds. The van der Waals surface area contributed by atoms with Crippen molar-refractivity contribution in [3.05, 3.63) is 111 Å². The van der Waals surface area contributed by atoms with Crippen molar-refractivity contribution >= 4 is 34.5 Å². The highest BCUT2D eigenvalue weighted by Crippen LogP contribution is 2.30. The number of unbranched alkanes of at least 4 members (excludes halogenated alkanes) is 1. The highest BCUT2D eigenvalue weighted by molar-refractivity contribution is 7.15. The van der Waals surface area contributed by atoms with Crippen LogP contribution in [-0.2, 0) is 0 Å². The largest absolute Gasteiger partial charge is 0.493 e. The Morgan fingerprint density at radius 1 is 0.894 bits per heavy atom. The number of thiazole rings is 1. The number of para-hydroxylation sites is 1. The van der Waals surface area contributed by atoms with Gasteiger partial charge in [0.1, 0.15) is 5.69 Å². The van der Waals surface area contributed by atoms with E-state index < -0.39 is 5.82 Å². The maximum absolute atomic E-state index is 15.1. The van der Waals surface area contributed by atoms with Crippen molar-refractivity contribution < 1.29 is 18.6 Å². The molecule has 0 unspecified atom stereocenters. The number of halogens is 1. The summed E-state index contributed by atoms with van der Waals surface area (Å²) < 4.78 is 35.3. The molecule has 0 bridgehead atoms. The Morgan fingerprint density at radius 2 is 1.70 bits per heavy atom. The Balaban J connectivity index is 1.32. The first-order valence-electron chi connectivity index (χ1n) is 15.5. The molecule has 0 saturated carbocycles. The van der Waals surface area contributed by atoms with Gasteiger partial charge in [0.15, 0.2) is 28.9 Å². The van der Waals surface area contributed by atoms with Crippen molar-refractivity contribution in [2.75, 3.05) is 20.3 Å². The van der Waals surface area contributed by atoms with E-state index in [0.717, 1.165) is 30.5 Å². The average molecular weight is 652 g/mol. The maximum atomic E-state index is 15.1. The molecule has 0 saturated heterocycles. The highest BCUT2D eigenvalue weighted by atomic mass is 32.1. The molecule has 3 aromatic carbocycles. The number of fused-ring (bicyclic) bond motifs is 1. The van der Waals surface area contributed by atoms with E-state index in [4.69, 9.17) is 19.3 Å². The molecule has 3 heterocycles. The zero-order chi connectivity index (χ0) is 32.8. The van der Waals surface area contributed by atoms with Crippen LogP contribution in [0.4, 0.5) is 4.39 Å². The summed E-state index contributed by atoms with van der Waals surface area (Å²) in [5.74, 6) is 1.45. The monoisotopic (exact) mass is 651 g/mol. The molecule has 9 nitrogen and oxygen atoms in total. The summed E-state index contributed by atoms with van der Waals surface area (Å²) in [5, 5.41) is 9.21. The van der Waals surface area contributed by atoms with E-state index in [1.807, 2.05) is 67.7 Å². The number of methoxy groups -OCH3 is 1. The van der Waals surface area contributed by atoms with Gasteiger partial charge in [0.05, 0.1) is 30.5 Å². The molecule has 11 heteroatoms. The number of benzene rings is 3. The van der Waals surface area contributed by atoms with Crippen molar-refractivity contribution in [3.8, 4) is 34.2 Å². The smallest absolute Gasteiger partial charge is 0.291 e. The van der Waals surface area contributed by atoms with E-state index in [-0.39, 0.29) is 11.3 Å². The van der Waals surface area contributed by atoms with Gasteiger partial charge in [-0.15, -0.1) is 5.10 Å². The Kier molecular flexibility index (Phi) is 9.72. The van der Waals surface area contributed by atoms with Crippen LogP contribution in [0.1, 0.15) is 50.1 Å². The molecule has 0 radical (unpaired) electrons. The molecule has 240 valence electrons. The van der Waals surface area contributed by atoms with Crippen LogP contribution in [-0.4, -0.2) is 44.7 Å². The molecule has 0 spiro atoms. The number of hydrogen-bond acceptors (Lipinski definition) is 8. The molecule has 0 fully saturated rings. The minimum atomic E-state index is -0.470. The van der Waals surface area contributed by atoms with E-state index in [0.29, 0.717) is 56.9 Å². The lowest BCUT2D eigenvalue weighted by Gasteiger charge is -2.10. The van der Waals surface area contributed by atoms with E-state index in [1.165, 1.54) is 21.9 Å². The fourth-order valence-corrected chi connectivity index (χ4v) is 5.78. The third-order valence-electron chi connectivity index (χ3n) is 7.28. The van der Waals surface area contributed by atoms with E-state index in [9.17, 15) is 4.79 Å². The number of hydrogen-bond donors (Lipinski definition) is 0. The van der Waals surface area contributed by atoms with Gasteiger partial charge in [0.25, 0.3) is 5.56 Å². The summed E-state index contributed by atoms with van der Waals surface area (Å²) in [6.07, 6.45) is 9.87. The van der Waals surface area contributed by atoms with Gasteiger partial charge in [0.2, 0.25) is 4.96 Å². The van der Waals surface area contributed by atoms with Crippen LogP contribution >= 0.6 is 11.3 Å². The van der Waals surface area contributed by atoms with Crippen LogP contribution in [0, 0.1) is 5.82 Å². The molecule has 0 aliphatic carbocycles. The Labute approximate surface area is 275 Å². The van der Waals surface area contributed by atoms with Gasteiger partial charge in [-0.05, 0) is 73.0 Å². The van der Waals surface area contributed by atoms with Crippen molar-refractivity contribution in [2.24, 2.45) is 0 Å². The zero-order valence-corrected chi connectivity index (χ0v) is 27.2. The van der Waals surface area contributed by atoms with Crippen molar-refractivity contribution in [1.29, 1.82) is 0 Å². The fraction of sp³-hybridized carbons (Fsp3) is 0.222. The molecule has 6 rings (SSSR count). The van der Waals surface area contributed by atoms with Crippen LogP contribution in [0.25, 0.3) is 40.1 Å². The summed E-state index contributed by atoms with van der Waals surface area (Å²) >= 11 is 1.22. The second-order valence-electron chi connectivity index (χ2n) is 10.7.